The van der Waals surface area contributed by atoms with Gasteiger partial charge in [-0.2, -0.15) is 21.6 Å². The molecule has 1 heterocycles. The molecule has 9 nitrogen and oxygen atoms in total. The van der Waals surface area contributed by atoms with Crippen molar-refractivity contribution in [2.45, 2.75) is 45.3 Å². The fourth-order valence-electron chi connectivity index (χ4n) is 3.98. The van der Waals surface area contributed by atoms with Crippen LogP contribution in [0.1, 0.15) is 37.7 Å². The number of H-pyrrole nitrogens is 1. The molecule has 5 aromatic rings. The van der Waals surface area contributed by atoms with Gasteiger partial charge in [-0.1, -0.05) is 74.0 Å². The quantitative estimate of drug-likeness (QED) is 0.104. The molecule has 0 aliphatic rings. The maximum atomic E-state index is 12.3. The van der Waals surface area contributed by atoms with Gasteiger partial charge < -0.3 is 15.5 Å². The number of aromatic amines is 1. The Morgan fingerprint density at radius 1 is 0.938 bits per heavy atom. The van der Waals surface area contributed by atoms with Gasteiger partial charge in [0.15, 0.2) is 0 Å². The molecule has 0 atom stereocenters. The molecule has 14 heteroatoms. The summed E-state index contributed by atoms with van der Waals surface area (Å²) in [4.78, 5) is 19.1. The molecule has 0 bridgehead atoms. The van der Waals surface area contributed by atoms with Crippen molar-refractivity contribution in [2.75, 3.05) is 17.5 Å². The van der Waals surface area contributed by atoms with Crippen LogP contribution in [0.5, 0.6) is 0 Å². The van der Waals surface area contributed by atoms with Crippen LogP contribution in [0.3, 0.4) is 0 Å². The van der Waals surface area contributed by atoms with Gasteiger partial charge in [0.25, 0.3) is 10.2 Å². The van der Waals surface area contributed by atoms with E-state index < -0.39 is 34.5 Å². The molecule has 48 heavy (non-hydrogen) atoms. The van der Waals surface area contributed by atoms with E-state index >= 15 is 0 Å². The largest absolute Gasteiger partial charge is 0.465 e. The number of nitrogens with two attached hydrogens (primary N) is 2. The Balaban J connectivity index is 0.000000246. The van der Waals surface area contributed by atoms with Gasteiger partial charge in [0, 0.05) is 4.90 Å². The Kier molecular flexibility index (Phi) is 15.6. The number of aryl methyl sites for hydroxylation is 1. The SMILES string of the molecule is CC.CCOC(=O)CN(c1ccc(C)cc1)S(N)(=O)=O.NCc1nc2ccc(C(F)(F)F)cc2[nH]1.Sc1ccc(-c2ccccc2)cc1. The number of hydrogen-bond donors (Lipinski definition) is 4. The van der Waals surface area contributed by atoms with Crippen molar-refractivity contribution < 1.29 is 31.1 Å². The summed E-state index contributed by atoms with van der Waals surface area (Å²) >= 11 is 4.24. The van der Waals surface area contributed by atoms with Gasteiger partial charge in [0.05, 0.1) is 35.4 Å². The van der Waals surface area contributed by atoms with Gasteiger partial charge >= 0.3 is 12.1 Å². The van der Waals surface area contributed by atoms with E-state index in [1.54, 1.807) is 31.2 Å². The van der Waals surface area contributed by atoms with Crippen LogP contribution in [0.4, 0.5) is 18.9 Å². The van der Waals surface area contributed by atoms with Crippen molar-refractivity contribution in [3.05, 3.63) is 114 Å². The van der Waals surface area contributed by atoms with Crippen LogP contribution in [-0.4, -0.2) is 37.5 Å². The zero-order chi connectivity index (χ0) is 35.9. The van der Waals surface area contributed by atoms with E-state index in [-0.39, 0.29) is 13.2 Å². The highest BCUT2D eigenvalue weighted by Crippen LogP contribution is 2.30. The normalized spacial score (nSPS) is 10.8. The van der Waals surface area contributed by atoms with Crippen LogP contribution in [0.25, 0.3) is 22.2 Å². The number of alkyl halides is 3. The van der Waals surface area contributed by atoms with Gasteiger partial charge in [-0.05, 0) is 67.4 Å². The molecular weight excluding hydrogens is 664 g/mol. The first kappa shape index (κ1) is 39.8. The highest BCUT2D eigenvalue weighted by Gasteiger charge is 2.30. The Hall–Kier alpha value is -4.37. The van der Waals surface area contributed by atoms with Crippen LogP contribution >= 0.6 is 12.6 Å². The van der Waals surface area contributed by atoms with E-state index in [2.05, 4.69) is 46.9 Å². The minimum atomic E-state index is -4.33. The number of aromatic nitrogens is 2. The minimum absolute atomic E-state index is 0.177. The standard InChI is InChI=1S/C12H10S.C11H16N2O4S.C9H8F3N3.C2H6/c13-12-8-6-11(7-9-12)10-4-2-1-3-5-10;1-3-17-11(14)8-13(18(12,15)16)10-6-4-9(2)5-7-10;10-9(11,12)5-1-2-6-7(3-5)15-8(4-13)14-6;1-2/h1-9,13H;4-7H,3,8H2,1-2H3,(H2,12,15,16);1-3H,4,13H2,(H,14,15);1-2H3. The molecule has 5 N–H and O–H groups in total. The van der Waals surface area contributed by atoms with E-state index in [4.69, 9.17) is 15.6 Å². The fourth-order valence-corrected chi connectivity index (χ4v) is 4.83. The van der Waals surface area contributed by atoms with Crippen molar-refractivity contribution in [1.82, 2.24) is 9.97 Å². The van der Waals surface area contributed by atoms with Crippen LogP contribution < -0.4 is 15.2 Å². The van der Waals surface area contributed by atoms with Crippen LogP contribution in [-0.2, 0) is 32.5 Å². The fraction of sp³-hybridized carbons (Fsp3) is 0.235. The zero-order valence-corrected chi connectivity index (χ0v) is 28.7. The van der Waals surface area contributed by atoms with Crippen molar-refractivity contribution in [3.63, 3.8) is 0 Å². The summed E-state index contributed by atoms with van der Waals surface area (Å²) in [7, 11) is -4.01. The number of nitrogens with zero attached hydrogens (tertiary/aromatic N) is 2. The van der Waals surface area contributed by atoms with E-state index in [0.717, 1.165) is 26.9 Å². The Bertz CT molecular complexity index is 1820. The highest BCUT2D eigenvalue weighted by atomic mass is 32.2. The summed E-state index contributed by atoms with van der Waals surface area (Å²) in [5, 5.41) is 5.08. The lowest BCUT2D eigenvalue weighted by Gasteiger charge is -2.20. The molecule has 0 spiro atoms. The van der Waals surface area contributed by atoms with Gasteiger partial charge in [-0.25, -0.2) is 14.4 Å². The molecule has 0 amide bonds. The van der Waals surface area contributed by atoms with E-state index in [1.165, 1.54) is 17.2 Å². The first-order valence-electron chi connectivity index (χ1n) is 14.8. The molecule has 0 aliphatic carbocycles. The maximum Gasteiger partial charge on any atom is 0.416 e. The molecular formula is C34H40F3N5O4S2. The van der Waals surface area contributed by atoms with Crippen molar-refractivity contribution in [2.24, 2.45) is 10.9 Å². The average molecular weight is 704 g/mol. The van der Waals surface area contributed by atoms with E-state index in [1.807, 2.05) is 51.1 Å². The Morgan fingerprint density at radius 3 is 2.04 bits per heavy atom. The average Bonchev–Trinajstić information content (AvgIpc) is 3.49. The number of carbonyl (C=O) groups excluding carboxylic acids is 1. The number of nitrogens with one attached hydrogen (secondary N) is 1. The van der Waals surface area contributed by atoms with Crippen molar-refractivity contribution >= 4 is 45.5 Å². The summed E-state index contributed by atoms with van der Waals surface area (Å²) in [6.45, 7) is 7.44. The summed E-state index contributed by atoms with van der Waals surface area (Å²) in [5.74, 6) is -0.170. The van der Waals surface area contributed by atoms with Gasteiger partial charge in [0.1, 0.15) is 12.4 Å². The molecule has 5 rings (SSSR count). The lowest BCUT2D eigenvalue weighted by molar-refractivity contribution is -0.141. The molecule has 0 unspecified atom stereocenters. The third-order valence-electron chi connectivity index (χ3n) is 6.23. The molecule has 258 valence electrons. The molecule has 0 saturated heterocycles. The molecule has 4 aromatic carbocycles. The van der Waals surface area contributed by atoms with E-state index in [0.29, 0.717) is 22.5 Å². The van der Waals surface area contributed by atoms with Crippen LogP contribution in [0.2, 0.25) is 0 Å². The van der Waals surface area contributed by atoms with Crippen molar-refractivity contribution in [3.8, 4) is 11.1 Å². The third kappa shape index (κ3) is 12.7. The van der Waals surface area contributed by atoms with E-state index in [9.17, 15) is 26.4 Å². The second-order valence-corrected chi connectivity index (χ2v) is 11.7. The van der Waals surface area contributed by atoms with Crippen LogP contribution in [0.15, 0.2) is 102 Å². The summed E-state index contributed by atoms with van der Waals surface area (Å²) in [6, 6.07) is 28.5. The third-order valence-corrected chi connectivity index (χ3v) is 7.49. The number of carbonyl (C=O) groups is 1. The number of fused-ring (bicyclic) bond motifs is 1. The zero-order valence-electron chi connectivity index (χ0n) is 27.0. The Labute approximate surface area is 284 Å². The van der Waals surface area contributed by atoms with Crippen LogP contribution in [0, 0.1) is 6.92 Å². The number of imidazole rings is 1. The number of benzene rings is 4. The smallest absolute Gasteiger partial charge is 0.416 e. The number of esters is 1. The molecule has 1 aromatic heterocycles. The van der Waals surface area contributed by atoms with Gasteiger partial charge in [-0.3, -0.25) is 4.79 Å². The molecule has 0 fully saturated rings. The number of anilines is 1. The molecule has 0 radical (unpaired) electrons. The summed E-state index contributed by atoms with van der Waals surface area (Å²) < 4.78 is 65.5. The number of ether oxygens (including phenoxy) is 1. The monoisotopic (exact) mass is 703 g/mol. The predicted octanol–water partition coefficient (Wildman–Crippen LogP) is 7.28. The van der Waals surface area contributed by atoms with Crippen molar-refractivity contribution in [1.29, 1.82) is 0 Å². The maximum absolute atomic E-state index is 12.3. The topological polar surface area (TPSA) is 144 Å². The second kappa shape index (κ2) is 18.8. The van der Waals surface area contributed by atoms with Gasteiger partial charge in [0.2, 0.25) is 0 Å². The molecule has 0 saturated carbocycles. The lowest BCUT2D eigenvalue weighted by Crippen LogP contribution is -2.40. The predicted molar refractivity (Wildman–Crippen MR) is 188 cm³/mol. The number of halogens is 3. The summed E-state index contributed by atoms with van der Waals surface area (Å²) in [5.41, 5.74) is 9.26. The number of rotatable bonds is 7. The summed E-state index contributed by atoms with van der Waals surface area (Å²) in [6.07, 6.45) is -4.33. The number of hydrogen-bond acceptors (Lipinski definition) is 7. The van der Waals surface area contributed by atoms with Gasteiger partial charge in [-0.15, -0.1) is 12.6 Å². The second-order valence-electron chi connectivity index (χ2n) is 9.72. The first-order valence-corrected chi connectivity index (χ1v) is 16.8. The highest BCUT2D eigenvalue weighted by molar-refractivity contribution is 7.90. The Morgan fingerprint density at radius 2 is 1.52 bits per heavy atom. The minimum Gasteiger partial charge on any atom is -0.465 e. The number of thiol groups is 1. The first-order chi connectivity index (χ1) is 22.7. The molecule has 0 aliphatic heterocycles. The lowest BCUT2D eigenvalue weighted by atomic mass is 10.1.